The van der Waals surface area contributed by atoms with Crippen molar-refractivity contribution in [2.45, 2.75) is 70.3 Å². The molecule has 2 bridgehead atoms. The molecule has 5 nitrogen and oxygen atoms in total. The third kappa shape index (κ3) is 5.98. The number of rotatable bonds is 3. The van der Waals surface area contributed by atoms with Crippen LogP contribution in [0.4, 0.5) is 0 Å². The fourth-order valence-electron chi connectivity index (χ4n) is 4.11. The average molecular weight is 387 g/mol. The Bertz CT molecular complexity index is 620. The van der Waals surface area contributed by atoms with Gasteiger partial charge in [-0.1, -0.05) is 69.6 Å². The molecule has 1 aromatic carbocycles. The second-order valence-corrected chi connectivity index (χ2v) is 8.02. The van der Waals surface area contributed by atoms with E-state index in [9.17, 15) is 9.59 Å². The van der Waals surface area contributed by atoms with Crippen molar-refractivity contribution in [2.24, 2.45) is 0 Å². The van der Waals surface area contributed by atoms with Crippen molar-refractivity contribution in [1.82, 2.24) is 9.80 Å². The number of hydrogen-bond donors (Lipinski definition) is 0. The Morgan fingerprint density at radius 1 is 0.857 bits per heavy atom. The van der Waals surface area contributed by atoms with Gasteiger partial charge in [-0.3, -0.25) is 9.59 Å². The summed E-state index contributed by atoms with van der Waals surface area (Å²) < 4.78 is 5.65. The summed E-state index contributed by atoms with van der Waals surface area (Å²) in [6, 6.07) is 9.09. The van der Waals surface area contributed by atoms with Crippen molar-refractivity contribution >= 4 is 11.8 Å². The van der Waals surface area contributed by atoms with Crippen LogP contribution in [0.15, 0.2) is 30.3 Å². The van der Waals surface area contributed by atoms with E-state index >= 15 is 0 Å². The Kier molecular flexibility index (Phi) is 8.19. The van der Waals surface area contributed by atoms with Gasteiger partial charge in [0.05, 0.1) is 6.54 Å². The highest BCUT2D eigenvalue weighted by atomic mass is 16.5. The SMILES string of the molecule is O=C1[C@@H]2CN1CCCCCCCCCCCCN2C(=O)COc1ccccc1. The van der Waals surface area contributed by atoms with Crippen LogP contribution in [0.3, 0.4) is 0 Å². The van der Waals surface area contributed by atoms with Crippen molar-refractivity contribution < 1.29 is 14.3 Å². The second-order valence-electron chi connectivity index (χ2n) is 8.02. The number of para-hydroxylation sites is 1. The van der Waals surface area contributed by atoms with E-state index in [-0.39, 0.29) is 24.5 Å². The van der Waals surface area contributed by atoms with Gasteiger partial charge in [-0.25, -0.2) is 0 Å². The molecule has 3 fully saturated rings. The van der Waals surface area contributed by atoms with E-state index in [1.165, 1.54) is 44.9 Å². The highest BCUT2D eigenvalue weighted by Crippen LogP contribution is 2.21. The van der Waals surface area contributed by atoms with E-state index < -0.39 is 0 Å². The number of hydrogen-bond acceptors (Lipinski definition) is 3. The molecule has 0 aliphatic carbocycles. The largest absolute Gasteiger partial charge is 0.484 e. The number of benzene rings is 1. The third-order valence-electron chi connectivity index (χ3n) is 5.87. The van der Waals surface area contributed by atoms with E-state index in [4.69, 9.17) is 4.74 Å². The lowest BCUT2D eigenvalue weighted by Gasteiger charge is -2.44. The first-order chi connectivity index (χ1) is 13.8. The highest BCUT2D eigenvalue weighted by Gasteiger charge is 2.42. The lowest BCUT2D eigenvalue weighted by atomic mass is 10.0. The van der Waals surface area contributed by atoms with E-state index in [2.05, 4.69) is 0 Å². The maximum atomic E-state index is 12.8. The van der Waals surface area contributed by atoms with Crippen LogP contribution < -0.4 is 4.74 Å². The first kappa shape index (κ1) is 20.7. The average Bonchev–Trinajstić information content (AvgIpc) is 2.72. The Hall–Kier alpha value is -2.04. The van der Waals surface area contributed by atoms with Crippen LogP contribution in [-0.2, 0) is 9.59 Å². The summed E-state index contributed by atoms with van der Waals surface area (Å²) in [5, 5.41) is 0. The fraction of sp³-hybridized carbons (Fsp3) is 0.652. The van der Waals surface area contributed by atoms with Crippen molar-refractivity contribution in [1.29, 1.82) is 0 Å². The number of ether oxygens (including phenoxy) is 1. The lowest BCUT2D eigenvalue weighted by Crippen LogP contribution is -2.65. The molecule has 4 rings (SSSR count). The van der Waals surface area contributed by atoms with Gasteiger partial charge < -0.3 is 14.5 Å². The standard InChI is InChI=1S/C23H34N2O3/c26-22(19-28-20-14-10-9-11-15-20)25-17-13-8-6-4-2-1-3-5-7-12-16-24-18-21(25)23(24)27/h9-11,14-15,21H,1-8,12-13,16-19H2/t21-/m0/s1. The van der Waals surface area contributed by atoms with Crippen molar-refractivity contribution in [3.05, 3.63) is 30.3 Å². The molecule has 0 radical (unpaired) electrons. The monoisotopic (exact) mass is 386 g/mol. The fourth-order valence-corrected chi connectivity index (χ4v) is 4.11. The summed E-state index contributed by atoms with van der Waals surface area (Å²) in [5.74, 6) is 0.718. The number of nitrogens with zero attached hydrogens (tertiary/aromatic N) is 2. The minimum absolute atomic E-state index is 0.00616. The van der Waals surface area contributed by atoms with Gasteiger partial charge in [0.2, 0.25) is 5.91 Å². The van der Waals surface area contributed by atoms with Crippen molar-refractivity contribution in [2.75, 3.05) is 26.2 Å². The van der Waals surface area contributed by atoms with E-state index in [0.29, 0.717) is 18.8 Å². The first-order valence-corrected chi connectivity index (χ1v) is 11.0. The molecule has 0 saturated carbocycles. The molecule has 3 saturated heterocycles. The molecule has 2 amide bonds. The highest BCUT2D eigenvalue weighted by molar-refractivity contribution is 5.92. The van der Waals surface area contributed by atoms with Crippen LogP contribution in [0.25, 0.3) is 0 Å². The molecular formula is C23H34N2O3. The topological polar surface area (TPSA) is 49.9 Å². The summed E-state index contributed by atoms with van der Waals surface area (Å²) in [4.78, 5) is 29.1. The molecule has 3 aliphatic heterocycles. The van der Waals surface area contributed by atoms with Gasteiger partial charge in [0.1, 0.15) is 11.8 Å². The number of amides is 2. The molecule has 3 aliphatic rings. The minimum atomic E-state index is -0.292. The Balaban J connectivity index is 1.56. The van der Waals surface area contributed by atoms with Crippen LogP contribution in [-0.4, -0.2) is 53.9 Å². The van der Waals surface area contributed by atoms with Gasteiger partial charge in [-0.05, 0) is 25.0 Å². The molecule has 0 N–H and O–H groups in total. The third-order valence-corrected chi connectivity index (χ3v) is 5.87. The molecule has 0 spiro atoms. The zero-order chi connectivity index (χ0) is 19.6. The smallest absolute Gasteiger partial charge is 0.261 e. The zero-order valence-electron chi connectivity index (χ0n) is 17.0. The molecule has 3 heterocycles. The van der Waals surface area contributed by atoms with Gasteiger partial charge in [-0.2, -0.15) is 0 Å². The van der Waals surface area contributed by atoms with E-state index in [0.717, 1.165) is 25.8 Å². The number of carbonyl (C=O) groups excluding carboxylic acids is 2. The summed E-state index contributed by atoms with van der Waals surface area (Å²) in [6.45, 7) is 2.16. The molecule has 28 heavy (non-hydrogen) atoms. The molecule has 1 atom stereocenters. The Morgan fingerprint density at radius 3 is 2.04 bits per heavy atom. The van der Waals surface area contributed by atoms with Crippen molar-refractivity contribution in [3.63, 3.8) is 0 Å². The zero-order valence-corrected chi connectivity index (χ0v) is 17.0. The van der Waals surface area contributed by atoms with Gasteiger partial charge in [0, 0.05) is 13.1 Å². The van der Waals surface area contributed by atoms with Crippen LogP contribution in [0.1, 0.15) is 64.2 Å². The Labute approximate surface area is 169 Å². The number of fused-ring (bicyclic) bond motifs is 12. The van der Waals surface area contributed by atoms with Gasteiger partial charge in [0.25, 0.3) is 5.91 Å². The number of β-lactam (4-membered cyclic amide) rings is 1. The predicted octanol–water partition coefficient (Wildman–Crippen LogP) is 4.02. The summed E-state index contributed by atoms with van der Waals surface area (Å²) in [5.41, 5.74) is 0. The normalized spacial score (nSPS) is 22.4. The number of carbonyl (C=O) groups is 2. The first-order valence-electron chi connectivity index (χ1n) is 11.0. The second kappa shape index (κ2) is 11.1. The minimum Gasteiger partial charge on any atom is -0.484 e. The van der Waals surface area contributed by atoms with Crippen LogP contribution in [0.2, 0.25) is 0 Å². The van der Waals surface area contributed by atoms with Gasteiger partial charge >= 0.3 is 0 Å². The van der Waals surface area contributed by atoms with E-state index in [1.807, 2.05) is 35.2 Å². The molecule has 0 unspecified atom stereocenters. The lowest BCUT2D eigenvalue weighted by molar-refractivity contribution is -0.158. The van der Waals surface area contributed by atoms with Crippen LogP contribution in [0, 0.1) is 0 Å². The summed E-state index contributed by atoms with van der Waals surface area (Å²) in [6.07, 6.45) is 12.1. The molecule has 1 aromatic rings. The predicted molar refractivity (Wildman–Crippen MR) is 110 cm³/mol. The summed E-state index contributed by atoms with van der Waals surface area (Å²) in [7, 11) is 0. The molecule has 5 heteroatoms. The van der Waals surface area contributed by atoms with Crippen LogP contribution in [0.5, 0.6) is 5.75 Å². The molecule has 154 valence electrons. The van der Waals surface area contributed by atoms with Gasteiger partial charge in [0.15, 0.2) is 6.61 Å². The summed E-state index contributed by atoms with van der Waals surface area (Å²) >= 11 is 0. The van der Waals surface area contributed by atoms with Gasteiger partial charge in [-0.15, -0.1) is 0 Å². The van der Waals surface area contributed by atoms with E-state index in [1.54, 1.807) is 4.90 Å². The molecular weight excluding hydrogens is 352 g/mol. The maximum Gasteiger partial charge on any atom is 0.261 e. The quantitative estimate of drug-likeness (QED) is 0.737. The van der Waals surface area contributed by atoms with Crippen molar-refractivity contribution in [3.8, 4) is 5.75 Å². The van der Waals surface area contributed by atoms with Crippen LogP contribution >= 0.6 is 0 Å². The molecule has 0 aromatic heterocycles. The Morgan fingerprint density at radius 2 is 1.43 bits per heavy atom. The maximum absolute atomic E-state index is 12.8.